The van der Waals surface area contributed by atoms with Crippen LogP contribution < -0.4 is 15.8 Å². The molecule has 146 valence electrons. The zero-order chi connectivity index (χ0) is 18.4. The van der Waals surface area contributed by atoms with Crippen LogP contribution in [0.15, 0.2) is 29.2 Å². The van der Waals surface area contributed by atoms with Gasteiger partial charge in [-0.25, -0.2) is 13.1 Å². The first-order valence-electron chi connectivity index (χ1n) is 8.07. The highest BCUT2D eigenvalue weighted by Crippen LogP contribution is 2.17. The van der Waals surface area contributed by atoms with Crippen molar-refractivity contribution >= 4 is 34.0 Å². The van der Waals surface area contributed by atoms with E-state index in [1.807, 2.05) is 0 Å². The molecule has 4 N–H and O–H groups in total. The van der Waals surface area contributed by atoms with Crippen molar-refractivity contribution < 1.29 is 18.1 Å². The number of benzene rings is 1. The summed E-state index contributed by atoms with van der Waals surface area (Å²) in [7, 11) is -3.81. The van der Waals surface area contributed by atoms with Crippen LogP contribution in [-0.4, -0.2) is 37.9 Å². The Hall–Kier alpha value is -1.75. The normalized spacial score (nSPS) is 20.0. The molecule has 0 atom stereocenters. The van der Waals surface area contributed by atoms with Crippen molar-refractivity contribution in [1.82, 2.24) is 10.0 Å². The van der Waals surface area contributed by atoms with Gasteiger partial charge in [0.1, 0.15) is 0 Å². The van der Waals surface area contributed by atoms with Gasteiger partial charge in [-0.15, -0.1) is 12.4 Å². The molecule has 0 aromatic heterocycles. The number of amides is 1. The van der Waals surface area contributed by atoms with Crippen molar-refractivity contribution in [1.29, 1.82) is 0 Å². The van der Waals surface area contributed by atoms with E-state index in [0.29, 0.717) is 0 Å². The lowest BCUT2D eigenvalue weighted by molar-refractivity contribution is -0.384. The van der Waals surface area contributed by atoms with E-state index in [0.717, 1.165) is 49.9 Å². The summed E-state index contributed by atoms with van der Waals surface area (Å²) in [5, 5.41) is 13.5. The summed E-state index contributed by atoms with van der Waals surface area (Å²) in [4.78, 5) is 21.8. The van der Waals surface area contributed by atoms with E-state index in [-0.39, 0.29) is 53.9 Å². The van der Waals surface area contributed by atoms with Gasteiger partial charge in [0.05, 0.1) is 9.82 Å². The third kappa shape index (κ3) is 6.52. The van der Waals surface area contributed by atoms with Crippen LogP contribution in [-0.2, 0) is 14.8 Å². The van der Waals surface area contributed by atoms with E-state index in [1.165, 1.54) is 0 Å². The van der Waals surface area contributed by atoms with E-state index in [2.05, 4.69) is 10.0 Å². The summed E-state index contributed by atoms with van der Waals surface area (Å²) in [6.45, 7) is -0.0443. The fraction of sp³-hybridized carbons (Fsp3) is 0.533. The number of nitro groups is 1. The van der Waals surface area contributed by atoms with E-state index < -0.39 is 14.9 Å². The molecule has 1 aliphatic carbocycles. The molecule has 2 rings (SSSR count). The van der Waals surface area contributed by atoms with Gasteiger partial charge in [0.2, 0.25) is 15.9 Å². The monoisotopic (exact) mass is 406 g/mol. The number of hydrogen-bond acceptors (Lipinski definition) is 6. The van der Waals surface area contributed by atoms with Crippen LogP contribution in [0.4, 0.5) is 5.69 Å². The highest BCUT2D eigenvalue weighted by atomic mass is 35.5. The van der Waals surface area contributed by atoms with Crippen molar-refractivity contribution in [2.75, 3.05) is 6.54 Å². The maximum absolute atomic E-state index is 12.1. The molecule has 1 saturated carbocycles. The number of non-ortho nitro benzene ring substituents is 1. The number of hydrogen-bond donors (Lipinski definition) is 3. The lowest BCUT2D eigenvalue weighted by Crippen LogP contribution is -2.41. The predicted molar refractivity (Wildman–Crippen MR) is 98.5 cm³/mol. The zero-order valence-corrected chi connectivity index (χ0v) is 15.7. The van der Waals surface area contributed by atoms with Gasteiger partial charge in [-0.05, 0) is 37.8 Å². The Morgan fingerprint density at radius 3 is 2.31 bits per heavy atom. The van der Waals surface area contributed by atoms with Gasteiger partial charge in [-0.1, -0.05) is 0 Å². The molecular formula is C15H23ClN4O5S. The molecule has 0 spiro atoms. The smallest absolute Gasteiger partial charge is 0.269 e. The first kappa shape index (κ1) is 22.3. The maximum atomic E-state index is 12.1. The van der Waals surface area contributed by atoms with Gasteiger partial charge in [-0.3, -0.25) is 14.9 Å². The number of nitrogens with zero attached hydrogens (tertiary/aromatic N) is 1. The van der Waals surface area contributed by atoms with Crippen molar-refractivity contribution in [3.63, 3.8) is 0 Å². The van der Waals surface area contributed by atoms with Crippen LogP contribution in [0, 0.1) is 10.1 Å². The average molecular weight is 407 g/mol. The Morgan fingerprint density at radius 1 is 1.19 bits per heavy atom. The van der Waals surface area contributed by atoms with Gasteiger partial charge >= 0.3 is 0 Å². The van der Waals surface area contributed by atoms with Gasteiger partial charge in [0.25, 0.3) is 5.69 Å². The third-order valence-corrected chi connectivity index (χ3v) is 5.62. The number of nitrogens with one attached hydrogen (secondary N) is 2. The Kier molecular flexibility index (Phi) is 8.41. The molecule has 1 fully saturated rings. The number of carbonyl (C=O) groups excluding carboxylic acids is 1. The average Bonchev–Trinajstić information content (AvgIpc) is 2.57. The Bertz CT molecular complexity index is 718. The minimum Gasteiger partial charge on any atom is -0.353 e. The van der Waals surface area contributed by atoms with Crippen LogP contribution >= 0.6 is 12.4 Å². The quantitative estimate of drug-likeness (QED) is 0.456. The third-order valence-electron chi connectivity index (χ3n) is 4.14. The summed E-state index contributed by atoms with van der Waals surface area (Å²) < 4.78 is 26.5. The fourth-order valence-corrected chi connectivity index (χ4v) is 3.72. The van der Waals surface area contributed by atoms with Crippen LogP contribution in [0.1, 0.15) is 32.1 Å². The SMILES string of the molecule is Cl.NC1CCC(NC(=O)CCNS(=O)(=O)c2ccc([N+](=O)[O-])cc2)CC1. The Balaban J connectivity index is 0.00000338. The molecule has 0 bridgehead atoms. The van der Waals surface area contributed by atoms with Crippen molar-refractivity contribution in [3.8, 4) is 0 Å². The number of nitrogens with two attached hydrogens (primary N) is 1. The lowest BCUT2D eigenvalue weighted by Gasteiger charge is -2.26. The maximum Gasteiger partial charge on any atom is 0.269 e. The first-order valence-corrected chi connectivity index (χ1v) is 9.55. The Morgan fingerprint density at radius 2 is 1.77 bits per heavy atom. The molecule has 1 aromatic carbocycles. The van der Waals surface area contributed by atoms with E-state index in [4.69, 9.17) is 5.73 Å². The van der Waals surface area contributed by atoms with E-state index in [9.17, 15) is 23.3 Å². The highest BCUT2D eigenvalue weighted by molar-refractivity contribution is 7.89. The molecule has 0 radical (unpaired) electrons. The van der Waals surface area contributed by atoms with E-state index in [1.54, 1.807) is 0 Å². The molecule has 11 heteroatoms. The van der Waals surface area contributed by atoms with Gasteiger partial charge in [0, 0.05) is 37.2 Å². The number of nitro benzene ring substituents is 1. The van der Waals surface area contributed by atoms with Crippen molar-refractivity contribution in [3.05, 3.63) is 34.4 Å². The minimum absolute atomic E-state index is 0. The summed E-state index contributed by atoms with van der Waals surface area (Å²) in [6.07, 6.45) is 3.44. The predicted octanol–water partition coefficient (Wildman–Crippen LogP) is 1.07. The van der Waals surface area contributed by atoms with Crippen LogP contribution in [0.25, 0.3) is 0 Å². The van der Waals surface area contributed by atoms with E-state index >= 15 is 0 Å². The fourth-order valence-electron chi connectivity index (χ4n) is 2.69. The number of halogens is 1. The second-order valence-electron chi connectivity index (χ2n) is 6.08. The summed E-state index contributed by atoms with van der Waals surface area (Å²) in [5.41, 5.74) is 5.62. The summed E-state index contributed by atoms with van der Waals surface area (Å²) in [5.74, 6) is -0.216. The zero-order valence-electron chi connectivity index (χ0n) is 14.1. The Labute approximate surface area is 158 Å². The molecular weight excluding hydrogens is 384 g/mol. The molecule has 0 aliphatic heterocycles. The molecule has 1 aliphatic rings. The second-order valence-corrected chi connectivity index (χ2v) is 7.84. The number of rotatable bonds is 7. The summed E-state index contributed by atoms with van der Waals surface area (Å²) in [6, 6.07) is 4.85. The van der Waals surface area contributed by atoms with Gasteiger partial charge < -0.3 is 11.1 Å². The van der Waals surface area contributed by atoms with Gasteiger partial charge in [0.15, 0.2) is 0 Å². The molecule has 0 saturated heterocycles. The minimum atomic E-state index is -3.81. The standard InChI is InChI=1S/C15H22N4O5S.ClH/c16-11-1-3-12(4-2-11)18-15(20)9-10-17-25(23,24)14-7-5-13(6-8-14)19(21)22;/h5-8,11-12,17H,1-4,9-10,16H2,(H,18,20);1H. The van der Waals surface area contributed by atoms with Crippen LogP contribution in [0.2, 0.25) is 0 Å². The first-order chi connectivity index (χ1) is 11.8. The summed E-state index contributed by atoms with van der Waals surface area (Å²) >= 11 is 0. The largest absolute Gasteiger partial charge is 0.353 e. The lowest BCUT2D eigenvalue weighted by atomic mass is 9.92. The second kappa shape index (κ2) is 9.81. The molecule has 1 amide bonds. The molecule has 9 nitrogen and oxygen atoms in total. The van der Waals surface area contributed by atoms with Crippen molar-refractivity contribution in [2.24, 2.45) is 5.73 Å². The molecule has 0 heterocycles. The molecule has 0 unspecified atom stereocenters. The highest BCUT2D eigenvalue weighted by Gasteiger charge is 2.20. The van der Waals surface area contributed by atoms with Gasteiger partial charge in [-0.2, -0.15) is 0 Å². The number of carbonyl (C=O) groups is 1. The number of sulfonamides is 1. The van der Waals surface area contributed by atoms with Crippen molar-refractivity contribution in [2.45, 2.75) is 49.1 Å². The molecule has 26 heavy (non-hydrogen) atoms. The van der Waals surface area contributed by atoms with Crippen LogP contribution in [0.5, 0.6) is 0 Å². The topological polar surface area (TPSA) is 144 Å². The molecule has 1 aromatic rings. The van der Waals surface area contributed by atoms with Crippen LogP contribution in [0.3, 0.4) is 0 Å².